The van der Waals surface area contributed by atoms with Gasteiger partial charge in [0, 0.05) is 31.7 Å². The number of hydrogen-bond donors (Lipinski definition) is 2. The Bertz CT molecular complexity index is 168. The van der Waals surface area contributed by atoms with Crippen LogP contribution in [0.4, 0.5) is 0 Å². The lowest BCUT2D eigenvalue weighted by Gasteiger charge is -2.30. The zero-order valence-corrected chi connectivity index (χ0v) is 8.61. The molecule has 4 heteroatoms. The summed E-state index contributed by atoms with van der Waals surface area (Å²) in [4.78, 5) is 2.36. The van der Waals surface area contributed by atoms with Crippen molar-refractivity contribution >= 4 is 0 Å². The molecule has 0 aromatic heterocycles. The highest BCUT2D eigenvalue weighted by Crippen LogP contribution is 2.19. The predicted octanol–water partition coefficient (Wildman–Crippen LogP) is -0.568. The van der Waals surface area contributed by atoms with Crippen LogP contribution in [0, 0.1) is 0 Å². The number of nitrogens with zero attached hydrogens (tertiary/aromatic N) is 1. The molecule has 2 aliphatic rings. The van der Waals surface area contributed by atoms with Crippen LogP contribution in [0.1, 0.15) is 12.8 Å². The second-order valence-corrected chi connectivity index (χ2v) is 4.23. The molecule has 14 heavy (non-hydrogen) atoms. The van der Waals surface area contributed by atoms with Crippen molar-refractivity contribution in [2.45, 2.75) is 24.9 Å². The van der Waals surface area contributed by atoms with E-state index in [1.54, 1.807) is 0 Å². The van der Waals surface area contributed by atoms with Crippen molar-refractivity contribution in [3.63, 3.8) is 0 Å². The van der Waals surface area contributed by atoms with Crippen molar-refractivity contribution < 1.29 is 9.84 Å². The molecule has 1 aliphatic carbocycles. The molecule has 0 aromatic rings. The zero-order valence-electron chi connectivity index (χ0n) is 8.61. The first-order chi connectivity index (χ1) is 6.88. The molecule has 82 valence electrons. The lowest BCUT2D eigenvalue weighted by atomic mass is 10.2. The summed E-state index contributed by atoms with van der Waals surface area (Å²) in [6, 6.07) is 0.925. The van der Waals surface area contributed by atoms with Gasteiger partial charge in [0.1, 0.15) is 0 Å². The highest BCUT2D eigenvalue weighted by molar-refractivity contribution is 4.86. The third-order valence-electron chi connectivity index (χ3n) is 2.85. The summed E-state index contributed by atoms with van der Waals surface area (Å²) in [6.45, 7) is 4.87. The number of rotatable bonds is 5. The summed E-state index contributed by atoms with van der Waals surface area (Å²) in [6.07, 6.45) is 2.55. The van der Waals surface area contributed by atoms with E-state index in [-0.39, 0.29) is 12.6 Å². The van der Waals surface area contributed by atoms with E-state index in [0.717, 1.165) is 32.8 Å². The third-order valence-corrected chi connectivity index (χ3v) is 2.85. The number of ether oxygens (including phenoxy) is 1. The molecule has 0 radical (unpaired) electrons. The fourth-order valence-electron chi connectivity index (χ4n) is 1.84. The highest BCUT2D eigenvalue weighted by Gasteiger charge is 2.25. The monoisotopic (exact) mass is 200 g/mol. The topological polar surface area (TPSA) is 44.7 Å². The SMILES string of the molecule is OCC(CN1CCOCC1)NC1CC1. The number of aliphatic hydroxyl groups excluding tert-OH is 1. The molecule has 0 bridgehead atoms. The lowest BCUT2D eigenvalue weighted by Crippen LogP contribution is -2.47. The van der Waals surface area contributed by atoms with E-state index in [0.29, 0.717) is 6.04 Å². The fraction of sp³-hybridized carbons (Fsp3) is 1.00. The van der Waals surface area contributed by atoms with Crippen LogP contribution in [0.15, 0.2) is 0 Å². The number of nitrogens with one attached hydrogen (secondary N) is 1. The van der Waals surface area contributed by atoms with Gasteiger partial charge in [-0.15, -0.1) is 0 Å². The first kappa shape index (κ1) is 10.4. The van der Waals surface area contributed by atoms with E-state index in [1.165, 1.54) is 12.8 Å². The van der Waals surface area contributed by atoms with Crippen molar-refractivity contribution in [2.24, 2.45) is 0 Å². The summed E-state index contributed by atoms with van der Waals surface area (Å²) in [5.41, 5.74) is 0. The molecule has 1 heterocycles. The second kappa shape index (κ2) is 5.07. The van der Waals surface area contributed by atoms with E-state index in [1.807, 2.05) is 0 Å². The molecule has 2 N–H and O–H groups in total. The molecule has 0 aromatic carbocycles. The Morgan fingerprint density at radius 3 is 2.64 bits per heavy atom. The average Bonchev–Trinajstić information content (AvgIpc) is 3.02. The van der Waals surface area contributed by atoms with E-state index in [2.05, 4.69) is 10.2 Å². The molecule has 1 unspecified atom stereocenters. The Hall–Kier alpha value is -0.160. The van der Waals surface area contributed by atoms with Gasteiger partial charge >= 0.3 is 0 Å². The quantitative estimate of drug-likeness (QED) is 0.624. The van der Waals surface area contributed by atoms with Crippen molar-refractivity contribution in [3.8, 4) is 0 Å². The smallest absolute Gasteiger partial charge is 0.0597 e. The minimum atomic E-state index is 0.244. The average molecular weight is 200 g/mol. The van der Waals surface area contributed by atoms with Gasteiger partial charge < -0.3 is 15.2 Å². The van der Waals surface area contributed by atoms with Crippen LogP contribution in [0.25, 0.3) is 0 Å². The van der Waals surface area contributed by atoms with E-state index >= 15 is 0 Å². The van der Waals surface area contributed by atoms with Gasteiger partial charge in [0.2, 0.25) is 0 Å². The number of aliphatic hydroxyl groups is 1. The summed E-state index contributed by atoms with van der Waals surface area (Å²) in [5, 5.41) is 12.7. The van der Waals surface area contributed by atoms with Crippen LogP contribution in [-0.2, 0) is 4.74 Å². The minimum absolute atomic E-state index is 0.244. The van der Waals surface area contributed by atoms with Gasteiger partial charge in [-0.3, -0.25) is 4.90 Å². The second-order valence-electron chi connectivity index (χ2n) is 4.23. The van der Waals surface area contributed by atoms with Crippen molar-refractivity contribution in [3.05, 3.63) is 0 Å². The molecule has 1 saturated heterocycles. The lowest BCUT2D eigenvalue weighted by molar-refractivity contribution is 0.0297. The van der Waals surface area contributed by atoms with Crippen LogP contribution in [0.5, 0.6) is 0 Å². The molecular formula is C10H20N2O2. The van der Waals surface area contributed by atoms with E-state index in [9.17, 15) is 5.11 Å². The van der Waals surface area contributed by atoms with Gasteiger partial charge in [-0.2, -0.15) is 0 Å². The maximum Gasteiger partial charge on any atom is 0.0597 e. The Morgan fingerprint density at radius 1 is 1.36 bits per heavy atom. The van der Waals surface area contributed by atoms with Gasteiger partial charge in [-0.05, 0) is 12.8 Å². The molecule has 1 atom stereocenters. The molecule has 1 aliphatic heterocycles. The molecule has 0 spiro atoms. The van der Waals surface area contributed by atoms with Crippen LogP contribution in [-0.4, -0.2) is 61.5 Å². The maximum atomic E-state index is 9.21. The summed E-state index contributed by atoms with van der Waals surface area (Å²) in [5.74, 6) is 0. The molecular weight excluding hydrogens is 180 g/mol. The van der Waals surface area contributed by atoms with Gasteiger partial charge in [-0.1, -0.05) is 0 Å². The van der Waals surface area contributed by atoms with Gasteiger partial charge in [0.15, 0.2) is 0 Å². The first-order valence-electron chi connectivity index (χ1n) is 5.55. The van der Waals surface area contributed by atoms with E-state index < -0.39 is 0 Å². The molecule has 0 amide bonds. The van der Waals surface area contributed by atoms with Crippen LogP contribution >= 0.6 is 0 Å². The van der Waals surface area contributed by atoms with Crippen LogP contribution in [0.2, 0.25) is 0 Å². The standard InChI is InChI=1S/C10H20N2O2/c13-8-10(11-9-1-2-9)7-12-3-5-14-6-4-12/h9-11,13H,1-8H2. The van der Waals surface area contributed by atoms with Crippen molar-refractivity contribution in [2.75, 3.05) is 39.5 Å². The van der Waals surface area contributed by atoms with Gasteiger partial charge in [-0.25, -0.2) is 0 Å². The van der Waals surface area contributed by atoms with Crippen LogP contribution < -0.4 is 5.32 Å². The minimum Gasteiger partial charge on any atom is -0.395 e. The molecule has 4 nitrogen and oxygen atoms in total. The van der Waals surface area contributed by atoms with Gasteiger partial charge in [0.25, 0.3) is 0 Å². The summed E-state index contributed by atoms with van der Waals surface area (Å²) >= 11 is 0. The largest absolute Gasteiger partial charge is 0.395 e. The molecule has 2 fully saturated rings. The summed E-state index contributed by atoms with van der Waals surface area (Å²) in [7, 11) is 0. The van der Waals surface area contributed by atoms with Crippen LogP contribution in [0.3, 0.4) is 0 Å². The van der Waals surface area contributed by atoms with Gasteiger partial charge in [0.05, 0.1) is 19.8 Å². The highest BCUT2D eigenvalue weighted by atomic mass is 16.5. The Kier molecular flexibility index (Phi) is 3.75. The Morgan fingerprint density at radius 2 is 2.07 bits per heavy atom. The first-order valence-corrected chi connectivity index (χ1v) is 5.55. The van der Waals surface area contributed by atoms with Crippen molar-refractivity contribution in [1.82, 2.24) is 10.2 Å². The third kappa shape index (κ3) is 3.20. The fourth-order valence-corrected chi connectivity index (χ4v) is 1.84. The molecule has 2 rings (SSSR count). The predicted molar refractivity (Wildman–Crippen MR) is 54.3 cm³/mol. The number of morpholine rings is 1. The van der Waals surface area contributed by atoms with Crippen molar-refractivity contribution in [1.29, 1.82) is 0 Å². The molecule has 1 saturated carbocycles. The number of hydrogen-bond acceptors (Lipinski definition) is 4. The Balaban J connectivity index is 1.68. The maximum absolute atomic E-state index is 9.21. The van der Waals surface area contributed by atoms with E-state index in [4.69, 9.17) is 4.74 Å². The zero-order chi connectivity index (χ0) is 9.80. The Labute approximate surface area is 85.2 Å². The normalized spacial score (nSPS) is 26.4. The summed E-state index contributed by atoms with van der Waals surface area (Å²) < 4.78 is 5.28.